The molecule has 0 aromatic rings. The number of ether oxygens (including phenoxy) is 1. The molecule has 0 aliphatic heterocycles. The molecule has 1 aliphatic rings. The van der Waals surface area contributed by atoms with Crippen molar-refractivity contribution in [3.63, 3.8) is 0 Å². The normalized spacial score (nSPS) is 17.2. The highest BCUT2D eigenvalue weighted by atomic mass is 16.5. The van der Waals surface area contributed by atoms with E-state index in [9.17, 15) is 9.59 Å². The summed E-state index contributed by atoms with van der Waals surface area (Å²) < 4.78 is 5.47. The van der Waals surface area contributed by atoms with Gasteiger partial charge in [-0.2, -0.15) is 0 Å². The van der Waals surface area contributed by atoms with E-state index in [1.165, 1.54) is 6.42 Å². The molecule has 2 atom stereocenters. The second-order valence-electron chi connectivity index (χ2n) is 7.11. The lowest BCUT2D eigenvalue weighted by Gasteiger charge is -2.28. The van der Waals surface area contributed by atoms with E-state index in [-0.39, 0.29) is 17.6 Å². The standard InChI is InChI=1S/C17H31NO3.C2H4O2/c1-4-5-11-14(19)16(12(2)3)21-17(20)15(18)13-9-7-6-8-10-13;1-2(3)4/h12-13,15-16H,4-11,18H2,1-3H3;1H3,(H,3,4)/t15?,16-;/m1./s1. The third-order valence-electron chi connectivity index (χ3n) is 4.37. The van der Waals surface area contributed by atoms with E-state index in [1.807, 2.05) is 20.8 Å². The summed E-state index contributed by atoms with van der Waals surface area (Å²) in [6, 6.07) is -0.578. The first kappa shape index (κ1) is 23.6. The number of hydrogen-bond acceptors (Lipinski definition) is 5. The summed E-state index contributed by atoms with van der Waals surface area (Å²) in [5.74, 6) is -0.997. The molecule has 0 saturated heterocycles. The van der Waals surface area contributed by atoms with Gasteiger partial charge in [-0.25, -0.2) is 0 Å². The molecule has 0 amide bonds. The Morgan fingerprint density at radius 2 is 1.68 bits per heavy atom. The van der Waals surface area contributed by atoms with E-state index in [4.69, 9.17) is 20.4 Å². The summed E-state index contributed by atoms with van der Waals surface area (Å²) >= 11 is 0. The van der Waals surface area contributed by atoms with Crippen LogP contribution in [0.3, 0.4) is 0 Å². The Labute approximate surface area is 151 Å². The lowest BCUT2D eigenvalue weighted by molar-refractivity contribution is -0.160. The molecule has 0 spiro atoms. The van der Waals surface area contributed by atoms with Gasteiger partial charge >= 0.3 is 5.97 Å². The highest BCUT2D eigenvalue weighted by molar-refractivity contribution is 5.86. The van der Waals surface area contributed by atoms with Gasteiger partial charge in [0, 0.05) is 13.3 Å². The molecule has 0 aromatic carbocycles. The zero-order chi connectivity index (χ0) is 19.4. The molecule has 146 valence electrons. The summed E-state index contributed by atoms with van der Waals surface area (Å²) in [5.41, 5.74) is 6.05. The van der Waals surface area contributed by atoms with Gasteiger partial charge in [0.05, 0.1) is 0 Å². The van der Waals surface area contributed by atoms with Gasteiger partial charge in [-0.15, -0.1) is 0 Å². The van der Waals surface area contributed by atoms with Crippen LogP contribution in [0.1, 0.15) is 79.1 Å². The van der Waals surface area contributed by atoms with Crippen LogP contribution in [0.2, 0.25) is 0 Å². The topological polar surface area (TPSA) is 107 Å². The molecule has 1 unspecified atom stereocenters. The summed E-state index contributed by atoms with van der Waals surface area (Å²) in [4.78, 5) is 33.4. The highest BCUT2D eigenvalue weighted by Crippen LogP contribution is 2.26. The van der Waals surface area contributed by atoms with E-state index in [0.717, 1.165) is 45.4 Å². The minimum absolute atomic E-state index is 0.00291. The molecule has 25 heavy (non-hydrogen) atoms. The number of unbranched alkanes of at least 4 members (excludes halogenated alkanes) is 1. The zero-order valence-corrected chi connectivity index (χ0v) is 16.1. The van der Waals surface area contributed by atoms with E-state index in [0.29, 0.717) is 6.42 Å². The molecule has 0 radical (unpaired) electrons. The number of carbonyl (C=O) groups excluding carboxylic acids is 2. The molecule has 3 N–H and O–H groups in total. The number of rotatable bonds is 8. The number of esters is 1. The Morgan fingerprint density at radius 3 is 2.12 bits per heavy atom. The van der Waals surface area contributed by atoms with Crippen LogP contribution >= 0.6 is 0 Å². The Morgan fingerprint density at radius 1 is 1.16 bits per heavy atom. The molecule has 6 nitrogen and oxygen atoms in total. The summed E-state index contributed by atoms with van der Waals surface area (Å²) in [5, 5.41) is 7.42. The third-order valence-corrected chi connectivity index (χ3v) is 4.37. The van der Waals surface area contributed by atoms with Crippen LogP contribution in [0.5, 0.6) is 0 Å². The Bertz CT molecular complexity index is 412. The number of nitrogens with two attached hydrogens (primary N) is 1. The van der Waals surface area contributed by atoms with Crippen molar-refractivity contribution in [2.24, 2.45) is 17.6 Å². The Kier molecular flexibility index (Phi) is 12.1. The maximum absolute atomic E-state index is 12.2. The fourth-order valence-electron chi connectivity index (χ4n) is 2.96. The molecule has 6 heteroatoms. The summed E-state index contributed by atoms with van der Waals surface area (Å²) in [6.45, 7) is 6.95. The van der Waals surface area contributed by atoms with Crippen LogP contribution < -0.4 is 5.73 Å². The lowest BCUT2D eigenvalue weighted by atomic mass is 9.84. The fourth-order valence-corrected chi connectivity index (χ4v) is 2.96. The maximum atomic E-state index is 12.2. The predicted octanol–water partition coefficient (Wildman–Crippen LogP) is 3.31. The largest absolute Gasteiger partial charge is 0.481 e. The SMILES string of the molecule is CC(=O)O.CCCCC(=O)[C@H](OC(=O)C(N)C1CCCCC1)C(C)C. The predicted molar refractivity (Wildman–Crippen MR) is 97.1 cm³/mol. The van der Waals surface area contributed by atoms with Gasteiger partial charge < -0.3 is 15.6 Å². The van der Waals surface area contributed by atoms with E-state index in [2.05, 4.69) is 0 Å². The molecule has 1 rings (SSSR count). The molecule has 0 heterocycles. The highest BCUT2D eigenvalue weighted by Gasteiger charge is 2.32. The maximum Gasteiger partial charge on any atom is 0.323 e. The summed E-state index contributed by atoms with van der Waals surface area (Å²) in [6.07, 6.45) is 7.12. The first-order valence-electron chi connectivity index (χ1n) is 9.39. The first-order chi connectivity index (χ1) is 11.7. The molecule has 1 saturated carbocycles. The molecular weight excluding hydrogens is 322 g/mol. The minimum Gasteiger partial charge on any atom is -0.481 e. The van der Waals surface area contributed by atoms with Crippen molar-refractivity contribution >= 4 is 17.7 Å². The monoisotopic (exact) mass is 357 g/mol. The van der Waals surface area contributed by atoms with Crippen molar-refractivity contribution in [2.75, 3.05) is 0 Å². The second kappa shape index (κ2) is 12.9. The summed E-state index contributed by atoms with van der Waals surface area (Å²) in [7, 11) is 0. The van der Waals surface area contributed by atoms with Crippen molar-refractivity contribution < 1.29 is 24.2 Å². The number of Topliss-reactive ketones (excluding diaryl/α,β-unsaturated/α-hetero) is 1. The zero-order valence-electron chi connectivity index (χ0n) is 16.1. The molecule has 1 aliphatic carbocycles. The van der Waals surface area contributed by atoms with Crippen LogP contribution in [0, 0.1) is 11.8 Å². The number of carboxylic acids is 1. The van der Waals surface area contributed by atoms with E-state index >= 15 is 0 Å². The van der Waals surface area contributed by atoms with Gasteiger partial charge in [-0.3, -0.25) is 14.4 Å². The van der Waals surface area contributed by atoms with Crippen molar-refractivity contribution in [3.05, 3.63) is 0 Å². The molecule has 0 aromatic heterocycles. The molecule has 0 bridgehead atoms. The van der Waals surface area contributed by atoms with Gasteiger partial charge in [0.2, 0.25) is 0 Å². The van der Waals surface area contributed by atoms with Gasteiger partial charge in [-0.05, 0) is 31.1 Å². The van der Waals surface area contributed by atoms with Crippen molar-refractivity contribution in [3.8, 4) is 0 Å². The van der Waals surface area contributed by atoms with Crippen LogP contribution in [0.15, 0.2) is 0 Å². The number of aliphatic carboxylic acids is 1. The smallest absolute Gasteiger partial charge is 0.323 e. The van der Waals surface area contributed by atoms with Crippen LogP contribution in [0.25, 0.3) is 0 Å². The third kappa shape index (κ3) is 10.2. The van der Waals surface area contributed by atoms with Crippen molar-refractivity contribution in [1.29, 1.82) is 0 Å². The van der Waals surface area contributed by atoms with Crippen molar-refractivity contribution in [2.45, 2.75) is 91.2 Å². The Hall–Kier alpha value is -1.43. The second-order valence-corrected chi connectivity index (χ2v) is 7.11. The lowest BCUT2D eigenvalue weighted by Crippen LogP contribution is -2.44. The average Bonchev–Trinajstić information content (AvgIpc) is 2.56. The van der Waals surface area contributed by atoms with Gasteiger partial charge in [0.1, 0.15) is 6.04 Å². The average molecular weight is 357 g/mol. The quantitative estimate of drug-likeness (QED) is 0.645. The number of ketones is 1. The van der Waals surface area contributed by atoms with Gasteiger partial charge in [0.25, 0.3) is 5.97 Å². The minimum atomic E-state index is -0.833. The Balaban J connectivity index is 0.00000129. The number of hydrogen-bond donors (Lipinski definition) is 2. The van der Waals surface area contributed by atoms with E-state index in [1.54, 1.807) is 0 Å². The molecular formula is C19H35NO5. The molecule has 1 fully saturated rings. The van der Waals surface area contributed by atoms with Crippen molar-refractivity contribution in [1.82, 2.24) is 0 Å². The van der Waals surface area contributed by atoms with Gasteiger partial charge in [-0.1, -0.05) is 46.5 Å². The fraction of sp³-hybridized carbons (Fsp3) is 0.842. The van der Waals surface area contributed by atoms with E-state index < -0.39 is 24.1 Å². The number of carboxylic acid groups (broad SMARTS) is 1. The first-order valence-corrected chi connectivity index (χ1v) is 9.39. The van der Waals surface area contributed by atoms with Crippen LogP contribution in [0.4, 0.5) is 0 Å². The van der Waals surface area contributed by atoms with Gasteiger partial charge in [0.15, 0.2) is 11.9 Å². The number of carbonyl (C=O) groups is 3. The van der Waals surface area contributed by atoms with Crippen LogP contribution in [-0.4, -0.2) is 35.0 Å². The van der Waals surface area contributed by atoms with Crippen LogP contribution in [-0.2, 0) is 19.1 Å².